The van der Waals surface area contributed by atoms with Crippen LogP contribution in [0.25, 0.3) is 0 Å². The van der Waals surface area contributed by atoms with E-state index < -0.39 is 21.6 Å². The largest absolute Gasteiger partial charge is 0.504 e. The van der Waals surface area contributed by atoms with Crippen LogP contribution in [0.1, 0.15) is 0 Å². The lowest BCUT2D eigenvalue weighted by atomic mass is 10.3. The van der Waals surface area contributed by atoms with Crippen molar-refractivity contribution in [2.75, 3.05) is 0 Å². The first kappa shape index (κ1) is 12.3. The third-order valence-corrected chi connectivity index (χ3v) is 3.46. The van der Waals surface area contributed by atoms with Crippen LogP contribution in [-0.2, 0) is 10.1 Å². The van der Waals surface area contributed by atoms with Gasteiger partial charge in [-0.1, -0.05) is 24.3 Å². The van der Waals surface area contributed by atoms with Crippen molar-refractivity contribution in [3.8, 4) is 17.2 Å². The molecule has 94 valence electrons. The summed E-state index contributed by atoms with van der Waals surface area (Å²) >= 11 is 0. The number of phenols is 2. The molecule has 0 radical (unpaired) electrons. The fourth-order valence-corrected chi connectivity index (χ4v) is 2.29. The predicted octanol–water partition coefficient (Wildman–Crippen LogP) is 1.87. The van der Waals surface area contributed by atoms with Crippen molar-refractivity contribution in [1.82, 2.24) is 0 Å². The van der Waals surface area contributed by atoms with Crippen molar-refractivity contribution in [3.05, 3.63) is 48.5 Å². The number of hydrogen-bond acceptors (Lipinski definition) is 5. The van der Waals surface area contributed by atoms with Gasteiger partial charge in [0.25, 0.3) is 0 Å². The minimum atomic E-state index is -4.02. The maximum absolute atomic E-state index is 11.9. The number of para-hydroxylation sites is 1. The quantitative estimate of drug-likeness (QED) is 0.654. The molecule has 0 atom stereocenters. The summed E-state index contributed by atoms with van der Waals surface area (Å²) in [7, 11) is -4.02. The van der Waals surface area contributed by atoms with E-state index in [9.17, 15) is 18.6 Å². The summed E-state index contributed by atoms with van der Waals surface area (Å²) in [6.07, 6.45) is 0. The van der Waals surface area contributed by atoms with Crippen LogP contribution in [0.3, 0.4) is 0 Å². The molecule has 2 N–H and O–H groups in total. The Balaban J connectivity index is 2.37. The highest BCUT2D eigenvalue weighted by atomic mass is 32.2. The van der Waals surface area contributed by atoms with Crippen molar-refractivity contribution in [3.63, 3.8) is 0 Å². The van der Waals surface area contributed by atoms with Crippen LogP contribution < -0.4 is 4.18 Å². The molecule has 2 aromatic carbocycles. The zero-order valence-corrected chi connectivity index (χ0v) is 9.96. The fraction of sp³-hybridized carbons (Fsp3) is 0. The van der Waals surface area contributed by atoms with Gasteiger partial charge in [-0.2, -0.15) is 8.42 Å². The van der Waals surface area contributed by atoms with Crippen molar-refractivity contribution in [1.29, 1.82) is 0 Å². The van der Waals surface area contributed by atoms with Gasteiger partial charge in [-0.15, -0.1) is 0 Å². The number of phenolic OH excluding ortho intramolecular Hbond substituents is 2. The third-order valence-electron chi connectivity index (χ3n) is 2.21. The lowest BCUT2D eigenvalue weighted by Gasteiger charge is -2.08. The molecule has 0 aliphatic rings. The highest BCUT2D eigenvalue weighted by Gasteiger charge is 2.19. The van der Waals surface area contributed by atoms with Gasteiger partial charge in [0, 0.05) is 0 Å². The third kappa shape index (κ3) is 2.38. The predicted molar refractivity (Wildman–Crippen MR) is 64.0 cm³/mol. The van der Waals surface area contributed by atoms with E-state index in [2.05, 4.69) is 0 Å². The van der Waals surface area contributed by atoms with Crippen molar-refractivity contribution >= 4 is 10.1 Å². The van der Waals surface area contributed by atoms with Gasteiger partial charge >= 0.3 is 10.1 Å². The molecule has 0 amide bonds. The van der Waals surface area contributed by atoms with E-state index in [1.807, 2.05) is 0 Å². The Kier molecular flexibility index (Phi) is 3.12. The highest BCUT2D eigenvalue weighted by Crippen LogP contribution is 2.36. The molecule has 0 aromatic heterocycles. The van der Waals surface area contributed by atoms with E-state index >= 15 is 0 Å². The Morgan fingerprint density at radius 2 is 1.56 bits per heavy atom. The zero-order valence-electron chi connectivity index (χ0n) is 9.15. The van der Waals surface area contributed by atoms with Crippen LogP contribution >= 0.6 is 0 Å². The first-order valence-electron chi connectivity index (χ1n) is 5.01. The summed E-state index contributed by atoms with van der Waals surface area (Å²) in [5.74, 6) is -1.38. The van der Waals surface area contributed by atoms with E-state index in [0.717, 1.165) is 0 Å². The van der Waals surface area contributed by atoms with Crippen molar-refractivity contribution < 1.29 is 22.8 Å². The molecule has 0 saturated carbocycles. The van der Waals surface area contributed by atoms with Gasteiger partial charge < -0.3 is 14.4 Å². The normalized spacial score (nSPS) is 11.1. The monoisotopic (exact) mass is 266 g/mol. The molecule has 0 aliphatic carbocycles. The summed E-state index contributed by atoms with van der Waals surface area (Å²) < 4.78 is 28.5. The molecule has 0 fully saturated rings. The SMILES string of the molecule is O=S(=O)(Oc1cccc(O)c1O)c1ccccc1. The number of hydrogen-bond donors (Lipinski definition) is 2. The van der Waals surface area contributed by atoms with Gasteiger partial charge in [-0.05, 0) is 24.3 Å². The van der Waals surface area contributed by atoms with Gasteiger partial charge in [0.15, 0.2) is 11.5 Å². The molecule has 2 rings (SSSR count). The summed E-state index contributed by atoms with van der Waals surface area (Å²) in [5, 5.41) is 18.7. The van der Waals surface area contributed by atoms with Gasteiger partial charge in [0.05, 0.1) is 0 Å². The summed E-state index contributed by atoms with van der Waals surface area (Å²) in [4.78, 5) is -0.0345. The molecule has 0 unspecified atom stereocenters. The van der Waals surface area contributed by atoms with Crippen LogP contribution in [0.2, 0.25) is 0 Å². The summed E-state index contributed by atoms with van der Waals surface area (Å²) in [6, 6.07) is 11.4. The molecule has 0 spiro atoms. The summed E-state index contributed by atoms with van der Waals surface area (Å²) in [5.41, 5.74) is 0. The van der Waals surface area contributed by atoms with Crippen LogP contribution in [0.15, 0.2) is 53.4 Å². The molecule has 0 heterocycles. The number of rotatable bonds is 3. The molecular weight excluding hydrogens is 256 g/mol. The Labute approximate surface area is 104 Å². The zero-order chi connectivity index (χ0) is 13.2. The van der Waals surface area contributed by atoms with Gasteiger partial charge in [-0.25, -0.2) is 0 Å². The first-order chi connectivity index (χ1) is 8.50. The summed E-state index contributed by atoms with van der Waals surface area (Å²) in [6.45, 7) is 0. The Bertz CT molecular complexity index is 649. The number of benzene rings is 2. The minimum Gasteiger partial charge on any atom is -0.504 e. The fourth-order valence-electron chi connectivity index (χ4n) is 1.33. The molecule has 2 aromatic rings. The second-order valence-corrected chi connectivity index (χ2v) is 5.02. The molecule has 0 aliphatic heterocycles. The van der Waals surface area contributed by atoms with E-state index in [1.54, 1.807) is 18.2 Å². The van der Waals surface area contributed by atoms with Gasteiger partial charge in [0.1, 0.15) is 4.90 Å². The van der Waals surface area contributed by atoms with E-state index in [1.165, 1.54) is 30.3 Å². The lowest BCUT2D eigenvalue weighted by Crippen LogP contribution is -2.09. The standard InChI is InChI=1S/C12H10O5S/c13-10-7-4-8-11(12(10)14)17-18(15,16)9-5-2-1-3-6-9/h1-8,13-14H. The molecule has 5 nitrogen and oxygen atoms in total. The maximum atomic E-state index is 11.9. The highest BCUT2D eigenvalue weighted by molar-refractivity contribution is 7.87. The van der Waals surface area contributed by atoms with Crippen LogP contribution in [0.5, 0.6) is 17.2 Å². The number of aromatic hydroxyl groups is 2. The van der Waals surface area contributed by atoms with Crippen molar-refractivity contribution in [2.45, 2.75) is 4.90 Å². The van der Waals surface area contributed by atoms with Crippen LogP contribution in [-0.4, -0.2) is 18.6 Å². The Morgan fingerprint density at radius 1 is 0.889 bits per heavy atom. The average Bonchev–Trinajstić information content (AvgIpc) is 2.36. The smallest absolute Gasteiger partial charge is 0.339 e. The molecule has 0 bridgehead atoms. The molecule has 6 heteroatoms. The average molecular weight is 266 g/mol. The topological polar surface area (TPSA) is 83.8 Å². The van der Waals surface area contributed by atoms with Crippen molar-refractivity contribution in [2.24, 2.45) is 0 Å². The second kappa shape index (κ2) is 4.58. The van der Waals surface area contributed by atoms with Crippen LogP contribution in [0, 0.1) is 0 Å². The maximum Gasteiger partial charge on any atom is 0.339 e. The second-order valence-electron chi connectivity index (χ2n) is 3.47. The van der Waals surface area contributed by atoms with E-state index in [-0.39, 0.29) is 10.6 Å². The minimum absolute atomic E-state index is 0.0345. The Morgan fingerprint density at radius 3 is 2.22 bits per heavy atom. The Hall–Kier alpha value is -2.21. The van der Waals surface area contributed by atoms with Crippen LogP contribution in [0.4, 0.5) is 0 Å². The molecule has 0 saturated heterocycles. The van der Waals surface area contributed by atoms with E-state index in [0.29, 0.717) is 0 Å². The lowest BCUT2D eigenvalue weighted by molar-refractivity contribution is 0.383. The molecule has 18 heavy (non-hydrogen) atoms. The van der Waals surface area contributed by atoms with Gasteiger partial charge in [-0.3, -0.25) is 0 Å². The first-order valence-corrected chi connectivity index (χ1v) is 6.42. The van der Waals surface area contributed by atoms with E-state index in [4.69, 9.17) is 4.18 Å². The molecular formula is C12H10O5S. The van der Waals surface area contributed by atoms with Gasteiger partial charge in [0.2, 0.25) is 5.75 Å².